The zero-order chi connectivity index (χ0) is 13.5. The van der Waals surface area contributed by atoms with E-state index in [1.807, 2.05) is 21.8 Å². The normalized spacial score (nSPS) is 18.9. The van der Waals surface area contributed by atoms with Crippen molar-refractivity contribution in [2.24, 2.45) is 5.92 Å². The Morgan fingerprint density at radius 2 is 2.30 bits per heavy atom. The number of likely N-dealkylation sites (N-methyl/N-ethyl adjacent to an activating group) is 1. The van der Waals surface area contributed by atoms with Gasteiger partial charge in [-0.2, -0.15) is 5.10 Å². The highest BCUT2D eigenvalue weighted by molar-refractivity contribution is 5.85. The number of aromatic nitrogens is 2. The summed E-state index contributed by atoms with van der Waals surface area (Å²) in [6, 6.07) is 1.91. The van der Waals surface area contributed by atoms with E-state index < -0.39 is 0 Å². The maximum Gasteiger partial charge on any atom is 0.225 e. The van der Waals surface area contributed by atoms with Gasteiger partial charge in [0.05, 0.1) is 6.54 Å². The van der Waals surface area contributed by atoms with Gasteiger partial charge in [-0.25, -0.2) is 0 Å². The van der Waals surface area contributed by atoms with Crippen LogP contribution in [0.5, 0.6) is 0 Å². The molecule has 1 aromatic heterocycles. The number of amides is 1. The highest BCUT2D eigenvalue weighted by atomic mass is 35.5. The fraction of sp³-hybridized carbons (Fsp3) is 0.714. The van der Waals surface area contributed by atoms with Crippen molar-refractivity contribution in [3.05, 3.63) is 18.5 Å². The summed E-state index contributed by atoms with van der Waals surface area (Å²) >= 11 is 0. The van der Waals surface area contributed by atoms with Crippen LogP contribution in [0.1, 0.15) is 26.2 Å². The van der Waals surface area contributed by atoms with E-state index in [0.717, 1.165) is 52.0 Å². The summed E-state index contributed by atoms with van der Waals surface area (Å²) < 4.78 is 1.88. The molecule has 2 heterocycles. The molecule has 1 unspecified atom stereocenters. The second kappa shape index (κ2) is 8.97. The van der Waals surface area contributed by atoms with Crippen LogP contribution < -0.4 is 5.32 Å². The van der Waals surface area contributed by atoms with E-state index in [0.29, 0.717) is 5.91 Å². The van der Waals surface area contributed by atoms with E-state index in [1.165, 1.54) is 0 Å². The van der Waals surface area contributed by atoms with Gasteiger partial charge in [-0.1, -0.05) is 0 Å². The minimum absolute atomic E-state index is 0. The Kier molecular flexibility index (Phi) is 7.62. The predicted octanol–water partition coefficient (Wildman–Crippen LogP) is 1.54. The van der Waals surface area contributed by atoms with E-state index >= 15 is 0 Å². The molecular formula is C14H25ClN4O. The summed E-state index contributed by atoms with van der Waals surface area (Å²) in [6.45, 7) is 6.37. The lowest BCUT2D eigenvalue weighted by Crippen LogP contribution is -2.38. The van der Waals surface area contributed by atoms with Crippen molar-refractivity contribution in [3.63, 3.8) is 0 Å². The topological polar surface area (TPSA) is 50.2 Å². The first-order valence-corrected chi connectivity index (χ1v) is 7.28. The van der Waals surface area contributed by atoms with Crippen LogP contribution in [0.15, 0.2) is 18.5 Å². The maximum absolute atomic E-state index is 12.5. The molecule has 2 rings (SSSR count). The highest BCUT2D eigenvalue weighted by Crippen LogP contribution is 2.16. The second-order valence-electron chi connectivity index (χ2n) is 5.06. The SMILES string of the molecule is CCN(CCn1cccn1)C(=O)C1CCCNCC1.Cl. The number of halogens is 1. The second-order valence-corrected chi connectivity index (χ2v) is 5.06. The van der Waals surface area contributed by atoms with Crippen LogP contribution >= 0.6 is 12.4 Å². The first-order chi connectivity index (χ1) is 9.31. The Balaban J connectivity index is 0.00000200. The third-order valence-corrected chi connectivity index (χ3v) is 3.78. The molecule has 0 aromatic carbocycles. The minimum Gasteiger partial charge on any atom is -0.341 e. The smallest absolute Gasteiger partial charge is 0.225 e. The summed E-state index contributed by atoms with van der Waals surface area (Å²) in [6.07, 6.45) is 6.80. The standard InChI is InChI=1S/C14H24N4O.ClH/c1-2-17(11-12-18-10-4-8-16-18)14(19)13-5-3-7-15-9-6-13;/h4,8,10,13,15H,2-3,5-7,9,11-12H2,1H3;1H. The van der Waals surface area contributed by atoms with Gasteiger partial charge >= 0.3 is 0 Å². The lowest BCUT2D eigenvalue weighted by Gasteiger charge is -2.25. The van der Waals surface area contributed by atoms with E-state index in [9.17, 15) is 4.79 Å². The average molecular weight is 301 g/mol. The van der Waals surface area contributed by atoms with Crippen LogP contribution in [-0.4, -0.2) is 46.8 Å². The lowest BCUT2D eigenvalue weighted by atomic mass is 9.99. The Morgan fingerprint density at radius 1 is 1.45 bits per heavy atom. The Labute approximate surface area is 127 Å². The van der Waals surface area contributed by atoms with Gasteiger partial charge in [0, 0.05) is 31.4 Å². The molecule has 0 spiro atoms. The molecule has 1 aromatic rings. The molecule has 0 saturated carbocycles. The van der Waals surface area contributed by atoms with Crippen molar-refractivity contribution in [2.75, 3.05) is 26.2 Å². The van der Waals surface area contributed by atoms with Gasteiger partial charge in [-0.3, -0.25) is 9.48 Å². The Bertz CT molecular complexity index is 375. The van der Waals surface area contributed by atoms with Crippen LogP contribution in [0.4, 0.5) is 0 Å². The van der Waals surface area contributed by atoms with Gasteiger partial charge in [-0.05, 0) is 45.3 Å². The van der Waals surface area contributed by atoms with Crippen molar-refractivity contribution >= 4 is 18.3 Å². The molecule has 114 valence electrons. The van der Waals surface area contributed by atoms with Crippen molar-refractivity contribution in [3.8, 4) is 0 Å². The molecule has 1 fully saturated rings. The van der Waals surface area contributed by atoms with Gasteiger partial charge in [0.25, 0.3) is 0 Å². The molecule has 0 radical (unpaired) electrons. The molecule has 0 bridgehead atoms. The van der Waals surface area contributed by atoms with Gasteiger partial charge in [-0.15, -0.1) is 12.4 Å². The van der Waals surface area contributed by atoms with Crippen molar-refractivity contribution < 1.29 is 4.79 Å². The number of carbonyl (C=O) groups excluding carboxylic acids is 1. The summed E-state index contributed by atoms with van der Waals surface area (Å²) in [7, 11) is 0. The molecule has 6 heteroatoms. The molecule has 1 atom stereocenters. The molecule has 20 heavy (non-hydrogen) atoms. The molecular weight excluding hydrogens is 276 g/mol. The first-order valence-electron chi connectivity index (χ1n) is 7.28. The van der Waals surface area contributed by atoms with Gasteiger partial charge in [0.1, 0.15) is 0 Å². The van der Waals surface area contributed by atoms with E-state index in [-0.39, 0.29) is 18.3 Å². The first kappa shape index (κ1) is 17.0. The van der Waals surface area contributed by atoms with Crippen LogP contribution in [0, 0.1) is 5.92 Å². The highest BCUT2D eigenvalue weighted by Gasteiger charge is 2.23. The van der Waals surface area contributed by atoms with Crippen LogP contribution in [-0.2, 0) is 11.3 Å². The molecule has 1 saturated heterocycles. The van der Waals surface area contributed by atoms with Gasteiger partial charge in [0.15, 0.2) is 0 Å². The maximum atomic E-state index is 12.5. The van der Waals surface area contributed by atoms with Gasteiger partial charge < -0.3 is 10.2 Å². The largest absolute Gasteiger partial charge is 0.341 e. The van der Waals surface area contributed by atoms with Gasteiger partial charge in [0.2, 0.25) is 5.91 Å². The number of hydrogen-bond donors (Lipinski definition) is 1. The van der Waals surface area contributed by atoms with E-state index in [4.69, 9.17) is 0 Å². The van der Waals surface area contributed by atoms with Crippen molar-refractivity contribution in [1.82, 2.24) is 20.0 Å². The number of nitrogens with one attached hydrogen (secondary N) is 1. The number of rotatable bonds is 5. The Morgan fingerprint density at radius 3 is 3.00 bits per heavy atom. The third kappa shape index (κ3) is 4.80. The zero-order valence-corrected chi connectivity index (χ0v) is 12.9. The summed E-state index contributed by atoms with van der Waals surface area (Å²) in [5.41, 5.74) is 0. The Hall–Kier alpha value is -1.07. The summed E-state index contributed by atoms with van der Waals surface area (Å²) in [5.74, 6) is 0.519. The molecule has 1 amide bonds. The minimum atomic E-state index is 0. The number of hydrogen-bond acceptors (Lipinski definition) is 3. The fourth-order valence-electron chi connectivity index (χ4n) is 2.60. The monoisotopic (exact) mass is 300 g/mol. The molecule has 1 aliphatic heterocycles. The lowest BCUT2D eigenvalue weighted by molar-refractivity contribution is -0.135. The summed E-state index contributed by atoms with van der Waals surface area (Å²) in [5, 5.41) is 7.54. The van der Waals surface area contributed by atoms with Crippen molar-refractivity contribution in [2.45, 2.75) is 32.7 Å². The third-order valence-electron chi connectivity index (χ3n) is 3.78. The van der Waals surface area contributed by atoms with Crippen LogP contribution in [0.2, 0.25) is 0 Å². The molecule has 5 nitrogen and oxygen atoms in total. The molecule has 0 aliphatic carbocycles. The molecule has 1 aliphatic rings. The number of nitrogens with zero attached hydrogens (tertiary/aromatic N) is 3. The predicted molar refractivity (Wildman–Crippen MR) is 81.9 cm³/mol. The van der Waals surface area contributed by atoms with E-state index in [2.05, 4.69) is 17.3 Å². The fourth-order valence-corrected chi connectivity index (χ4v) is 2.60. The average Bonchev–Trinajstić information content (AvgIpc) is 2.80. The van der Waals surface area contributed by atoms with E-state index in [1.54, 1.807) is 6.20 Å². The quantitative estimate of drug-likeness (QED) is 0.897. The summed E-state index contributed by atoms with van der Waals surface area (Å²) in [4.78, 5) is 14.5. The number of carbonyl (C=O) groups is 1. The van der Waals surface area contributed by atoms with Crippen molar-refractivity contribution in [1.29, 1.82) is 0 Å². The van der Waals surface area contributed by atoms with Crippen LogP contribution in [0.25, 0.3) is 0 Å². The zero-order valence-electron chi connectivity index (χ0n) is 12.1. The molecule has 1 N–H and O–H groups in total. The van der Waals surface area contributed by atoms with Crippen LogP contribution in [0.3, 0.4) is 0 Å².